The number of amides is 1. The van der Waals surface area contributed by atoms with E-state index in [0.717, 1.165) is 44.2 Å². The molecule has 0 unspecified atom stereocenters. The Labute approximate surface area is 165 Å². The number of benzene rings is 2. The van der Waals surface area contributed by atoms with Crippen LogP contribution in [0.1, 0.15) is 11.1 Å². The Hall–Kier alpha value is -3.38. The van der Waals surface area contributed by atoms with Crippen LogP contribution in [0.5, 0.6) is 0 Å². The lowest BCUT2D eigenvalue weighted by molar-refractivity contribution is -0.115. The summed E-state index contributed by atoms with van der Waals surface area (Å²) >= 11 is 1.44. The third-order valence-corrected chi connectivity index (χ3v) is 5.72. The Morgan fingerprint density at radius 3 is 2.82 bits per heavy atom. The van der Waals surface area contributed by atoms with Crippen LogP contribution in [-0.2, 0) is 11.2 Å². The molecule has 0 radical (unpaired) electrons. The second kappa shape index (κ2) is 6.65. The van der Waals surface area contributed by atoms with E-state index in [1.54, 1.807) is 0 Å². The molecule has 3 N–H and O–H groups in total. The first-order valence-corrected chi connectivity index (χ1v) is 9.94. The number of hydrogen-bond donors (Lipinski definition) is 3. The lowest BCUT2D eigenvalue weighted by Crippen LogP contribution is -2.14. The number of fused-ring (bicyclic) bond motifs is 2. The van der Waals surface area contributed by atoms with Gasteiger partial charge in [-0.2, -0.15) is 0 Å². The van der Waals surface area contributed by atoms with Crippen LogP contribution in [0.25, 0.3) is 33.1 Å². The van der Waals surface area contributed by atoms with E-state index < -0.39 is 0 Å². The lowest BCUT2D eigenvalue weighted by Gasteiger charge is -2.03. The first kappa shape index (κ1) is 16.8. The normalized spacial score (nSPS) is 11.3. The quantitative estimate of drug-likeness (QED) is 0.394. The van der Waals surface area contributed by atoms with Crippen LogP contribution in [-0.4, -0.2) is 20.9 Å². The number of hydrogen-bond acceptors (Lipinski definition) is 3. The molecule has 1 amide bonds. The van der Waals surface area contributed by atoms with Gasteiger partial charge in [-0.25, -0.2) is 4.98 Å². The molecule has 3 aromatic heterocycles. The molecule has 6 heteroatoms. The van der Waals surface area contributed by atoms with Crippen molar-refractivity contribution in [2.75, 3.05) is 5.32 Å². The minimum absolute atomic E-state index is 0.0658. The van der Waals surface area contributed by atoms with Gasteiger partial charge in [-0.3, -0.25) is 4.79 Å². The summed E-state index contributed by atoms with van der Waals surface area (Å²) < 4.78 is 0. The summed E-state index contributed by atoms with van der Waals surface area (Å²) in [6, 6.07) is 14.2. The molecule has 5 nitrogen and oxygen atoms in total. The maximum Gasteiger partial charge on any atom is 0.230 e. The zero-order chi connectivity index (χ0) is 19.1. The van der Waals surface area contributed by atoms with Crippen LogP contribution in [0, 0.1) is 6.92 Å². The number of rotatable bonds is 4. The van der Waals surface area contributed by atoms with Gasteiger partial charge in [0.15, 0.2) is 5.13 Å². The number of carbonyl (C=O) groups excluding carboxylic acids is 1. The van der Waals surface area contributed by atoms with E-state index in [0.29, 0.717) is 11.6 Å². The van der Waals surface area contributed by atoms with Crippen molar-refractivity contribution in [3.63, 3.8) is 0 Å². The van der Waals surface area contributed by atoms with E-state index in [2.05, 4.69) is 39.3 Å². The number of H-pyrrole nitrogens is 2. The topological polar surface area (TPSA) is 73.6 Å². The fourth-order valence-electron chi connectivity index (χ4n) is 3.67. The lowest BCUT2D eigenvalue weighted by atomic mass is 10.1. The molecule has 0 saturated carbocycles. The van der Waals surface area contributed by atoms with Gasteiger partial charge in [0.1, 0.15) is 0 Å². The highest BCUT2D eigenvalue weighted by Gasteiger charge is 2.14. The minimum atomic E-state index is -0.0658. The third kappa shape index (κ3) is 2.88. The highest BCUT2D eigenvalue weighted by atomic mass is 32.1. The smallest absolute Gasteiger partial charge is 0.230 e. The molecule has 2 aromatic carbocycles. The SMILES string of the molecule is Cc1cccc2[nH]cc(CC(=O)Nc3nc(-c4c[nH]c5ccccc45)cs3)c12. The molecule has 0 aliphatic carbocycles. The van der Waals surface area contributed by atoms with Gasteiger partial charge in [0.25, 0.3) is 0 Å². The van der Waals surface area contributed by atoms with Crippen LogP contribution in [0.15, 0.2) is 60.2 Å². The Kier molecular flexibility index (Phi) is 3.98. The van der Waals surface area contributed by atoms with Crippen molar-refractivity contribution < 1.29 is 4.79 Å². The molecule has 0 saturated heterocycles. The van der Waals surface area contributed by atoms with Gasteiger partial charge in [0, 0.05) is 45.1 Å². The van der Waals surface area contributed by atoms with E-state index in [-0.39, 0.29) is 5.91 Å². The van der Waals surface area contributed by atoms with Crippen molar-refractivity contribution in [2.24, 2.45) is 0 Å². The first-order valence-electron chi connectivity index (χ1n) is 9.06. The zero-order valence-corrected chi connectivity index (χ0v) is 16.1. The number of para-hydroxylation sites is 1. The van der Waals surface area contributed by atoms with Crippen LogP contribution in [0.3, 0.4) is 0 Å². The molecule has 5 rings (SSSR count). The predicted molar refractivity (Wildman–Crippen MR) is 115 cm³/mol. The van der Waals surface area contributed by atoms with E-state index in [1.807, 2.05) is 48.1 Å². The van der Waals surface area contributed by atoms with E-state index in [9.17, 15) is 4.79 Å². The number of thiazole rings is 1. The molecule has 0 spiro atoms. The minimum Gasteiger partial charge on any atom is -0.361 e. The molecular formula is C22H18N4OS. The third-order valence-electron chi connectivity index (χ3n) is 4.96. The standard InChI is InChI=1S/C22H18N4OS/c1-13-5-4-8-18-21(13)14(10-23-18)9-20(27)26-22-25-19(12-28-22)16-11-24-17-7-3-2-6-15(16)17/h2-8,10-12,23-24H,9H2,1H3,(H,25,26,27). The highest BCUT2D eigenvalue weighted by molar-refractivity contribution is 7.14. The largest absolute Gasteiger partial charge is 0.361 e. The van der Waals surface area contributed by atoms with Gasteiger partial charge < -0.3 is 15.3 Å². The Morgan fingerprint density at radius 1 is 1.07 bits per heavy atom. The van der Waals surface area contributed by atoms with Crippen molar-refractivity contribution in [1.29, 1.82) is 0 Å². The Balaban J connectivity index is 1.36. The Morgan fingerprint density at radius 2 is 1.89 bits per heavy atom. The summed E-state index contributed by atoms with van der Waals surface area (Å²) in [6.07, 6.45) is 4.18. The average Bonchev–Trinajstić information content (AvgIpc) is 3.40. The molecular weight excluding hydrogens is 368 g/mol. The molecule has 28 heavy (non-hydrogen) atoms. The number of aromatic nitrogens is 3. The molecule has 0 aliphatic heterocycles. The predicted octanol–water partition coefficient (Wildman–Crippen LogP) is 5.26. The summed E-state index contributed by atoms with van der Waals surface area (Å²) in [5.74, 6) is -0.0658. The number of aryl methyl sites for hydroxylation is 1. The first-order chi connectivity index (χ1) is 13.7. The maximum atomic E-state index is 12.6. The van der Waals surface area contributed by atoms with Crippen LogP contribution in [0.2, 0.25) is 0 Å². The van der Waals surface area contributed by atoms with E-state index >= 15 is 0 Å². The summed E-state index contributed by atoms with van der Waals surface area (Å²) in [5, 5.41) is 7.77. The van der Waals surface area contributed by atoms with Gasteiger partial charge >= 0.3 is 0 Å². The second-order valence-corrected chi connectivity index (χ2v) is 7.68. The van der Waals surface area contributed by atoms with E-state index in [1.165, 1.54) is 11.3 Å². The fourth-order valence-corrected chi connectivity index (χ4v) is 4.39. The average molecular weight is 386 g/mol. The van der Waals surface area contributed by atoms with Gasteiger partial charge in [-0.15, -0.1) is 11.3 Å². The fraction of sp³-hybridized carbons (Fsp3) is 0.0909. The molecule has 5 aromatic rings. The Bertz CT molecular complexity index is 1310. The number of aromatic amines is 2. The van der Waals surface area contributed by atoms with Gasteiger partial charge in [0.2, 0.25) is 5.91 Å². The van der Waals surface area contributed by atoms with Gasteiger partial charge in [-0.05, 0) is 30.2 Å². The number of nitrogens with zero attached hydrogens (tertiary/aromatic N) is 1. The number of nitrogens with one attached hydrogen (secondary N) is 3. The van der Waals surface area contributed by atoms with Crippen molar-refractivity contribution in [2.45, 2.75) is 13.3 Å². The number of carbonyl (C=O) groups is 1. The molecule has 3 heterocycles. The van der Waals surface area contributed by atoms with Crippen LogP contribution < -0.4 is 5.32 Å². The van der Waals surface area contributed by atoms with Crippen molar-refractivity contribution >= 4 is 44.2 Å². The van der Waals surface area contributed by atoms with Crippen molar-refractivity contribution in [1.82, 2.24) is 15.0 Å². The molecule has 138 valence electrons. The van der Waals surface area contributed by atoms with Crippen LogP contribution >= 0.6 is 11.3 Å². The van der Waals surface area contributed by atoms with Gasteiger partial charge in [-0.1, -0.05) is 30.3 Å². The highest BCUT2D eigenvalue weighted by Crippen LogP contribution is 2.31. The molecule has 0 fully saturated rings. The summed E-state index contributed by atoms with van der Waals surface area (Å²) in [6.45, 7) is 2.06. The van der Waals surface area contributed by atoms with Gasteiger partial charge in [0.05, 0.1) is 12.1 Å². The monoisotopic (exact) mass is 386 g/mol. The molecule has 0 atom stereocenters. The number of anilines is 1. The van der Waals surface area contributed by atoms with Crippen molar-refractivity contribution in [3.8, 4) is 11.3 Å². The van der Waals surface area contributed by atoms with Crippen molar-refractivity contribution in [3.05, 3.63) is 71.4 Å². The maximum absolute atomic E-state index is 12.6. The zero-order valence-electron chi connectivity index (χ0n) is 15.2. The summed E-state index contributed by atoms with van der Waals surface area (Å²) in [5.41, 5.74) is 6.20. The second-order valence-electron chi connectivity index (χ2n) is 6.82. The molecule has 0 bridgehead atoms. The van der Waals surface area contributed by atoms with Crippen LogP contribution in [0.4, 0.5) is 5.13 Å². The molecule has 0 aliphatic rings. The summed E-state index contributed by atoms with van der Waals surface area (Å²) in [7, 11) is 0. The van der Waals surface area contributed by atoms with E-state index in [4.69, 9.17) is 0 Å². The summed E-state index contributed by atoms with van der Waals surface area (Å²) in [4.78, 5) is 23.7.